The third kappa shape index (κ3) is 3.02. The molecule has 3 N–H and O–H groups in total. The van der Waals surface area contributed by atoms with Crippen molar-refractivity contribution in [3.63, 3.8) is 0 Å². The first kappa shape index (κ1) is 17.4. The second-order valence-electron chi connectivity index (χ2n) is 7.23. The molecule has 1 aliphatic rings. The van der Waals surface area contributed by atoms with Crippen molar-refractivity contribution in [3.05, 3.63) is 64.3 Å². The topological polar surface area (TPSA) is 108 Å². The third-order valence-electron chi connectivity index (χ3n) is 5.31. The summed E-state index contributed by atoms with van der Waals surface area (Å²) in [5.74, 6) is 0.239. The molecule has 0 saturated heterocycles. The highest BCUT2D eigenvalue weighted by Crippen LogP contribution is 2.35. The highest BCUT2D eigenvalue weighted by Gasteiger charge is 2.27. The Bertz CT molecular complexity index is 1260. The molecule has 0 bridgehead atoms. The number of benzene rings is 1. The second kappa shape index (κ2) is 6.73. The Morgan fingerprint density at radius 1 is 1.24 bits per heavy atom. The van der Waals surface area contributed by atoms with Gasteiger partial charge >= 0.3 is 5.69 Å². The van der Waals surface area contributed by atoms with Crippen molar-refractivity contribution < 1.29 is 4.79 Å². The number of aromatic amines is 2. The maximum Gasteiger partial charge on any atom is 0.326 e. The number of anilines is 1. The number of pyridine rings is 1. The van der Waals surface area contributed by atoms with E-state index in [1.165, 1.54) is 0 Å². The van der Waals surface area contributed by atoms with Crippen molar-refractivity contribution in [3.8, 4) is 11.3 Å². The molecule has 1 amide bonds. The number of carbonyl (C=O) groups is 1. The smallest absolute Gasteiger partial charge is 0.306 e. The Morgan fingerprint density at radius 3 is 2.76 bits per heavy atom. The van der Waals surface area contributed by atoms with Crippen LogP contribution in [0.5, 0.6) is 0 Å². The van der Waals surface area contributed by atoms with Crippen molar-refractivity contribution in [2.45, 2.75) is 32.2 Å². The number of carbonyl (C=O) groups excluding carboxylic acids is 1. The molecule has 0 atom stereocenters. The van der Waals surface area contributed by atoms with Crippen LogP contribution in [0.15, 0.2) is 47.5 Å². The van der Waals surface area contributed by atoms with E-state index in [4.69, 9.17) is 0 Å². The normalized spacial score (nSPS) is 13.7. The lowest BCUT2D eigenvalue weighted by molar-refractivity contribution is 0.102. The van der Waals surface area contributed by atoms with E-state index in [2.05, 4.69) is 25.5 Å². The van der Waals surface area contributed by atoms with Crippen LogP contribution >= 0.6 is 0 Å². The van der Waals surface area contributed by atoms with Crippen LogP contribution in [0.1, 0.15) is 41.7 Å². The van der Waals surface area contributed by atoms with Crippen molar-refractivity contribution >= 4 is 22.8 Å². The molecule has 4 aromatic rings. The zero-order chi connectivity index (χ0) is 20.0. The summed E-state index contributed by atoms with van der Waals surface area (Å²) >= 11 is 0. The number of rotatable bonds is 5. The Labute approximate surface area is 166 Å². The number of fused-ring (bicyclic) bond motifs is 1. The molecule has 8 heteroatoms. The Balaban J connectivity index is 1.45. The van der Waals surface area contributed by atoms with Gasteiger partial charge < -0.3 is 10.3 Å². The lowest BCUT2D eigenvalue weighted by Gasteiger charge is -2.06. The molecule has 1 aromatic carbocycles. The predicted octanol–water partition coefficient (Wildman–Crippen LogP) is 3.26. The first-order valence-electron chi connectivity index (χ1n) is 9.69. The number of H-pyrrole nitrogens is 2. The minimum absolute atomic E-state index is 0.123. The molecule has 1 fully saturated rings. The summed E-state index contributed by atoms with van der Waals surface area (Å²) in [5, 5.41) is 10.2. The number of nitrogens with zero attached hydrogens (tertiary/aromatic N) is 3. The van der Waals surface area contributed by atoms with Gasteiger partial charge in [0.05, 0.1) is 16.7 Å². The molecule has 29 heavy (non-hydrogen) atoms. The maximum atomic E-state index is 12.8. The van der Waals surface area contributed by atoms with Crippen LogP contribution in [-0.4, -0.2) is 30.6 Å². The Hall–Kier alpha value is -3.68. The predicted molar refractivity (Wildman–Crippen MR) is 110 cm³/mol. The molecular weight excluding hydrogens is 368 g/mol. The fourth-order valence-electron chi connectivity index (χ4n) is 3.72. The van der Waals surface area contributed by atoms with E-state index in [9.17, 15) is 9.59 Å². The number of amides is 1. The molecular formula is C21H20N6O2. The molecule has 3 heterocycles. The van der Waals surface area contributed by atoms with Crippen molar-refractivity contribution in [2.24, 2.45) is 0 Å². The monoisotopic (exact) mass is 388 g/mol. The van der Waals surface area contributed by atoms with Gasteiger partial charge in [0, 0.05) is 35.1 Å². The zero-order valence-electron chi connectivity index (χ0n) is 15.9. The Morgan fingerprint density at radius 2 is 2.03 bits per heavy atom. The SMILES string of the molecule is CCc1c(NC(=O)c2ccc3c(c2)[nH]c(=O)n3C2CC2)n[nH]c1-c1ccncc1. The summed E-state index contributed by atoms with van der Waals surface area (Å²) < 4.78 is 1.78. The first-order valence-corrected chi connectivity index (χ1v) is 9.69. The molecule has 1 saturated carbocycles. The van der Waals surface area contributed by atoms with Gasteiger partial charge in [-0.15, -0.1) is 0 Å². The van der Waals surface area contributed by atoms with Gasteiger partial charge in [0.15, 0.2) is 5.82 Å². The van der Waals surface area contributed by atoms with Crippen molar-refractivity contribution in [2.75, 3.05) is 5.32 Å². The van der Waals surface area contributed by atoms with Crippen LogP contribution in [0.25, 0.3) is 22.3 Å². The molecule has 5 rings (SSSR count). The van der Waals surface area contributed by atoms with Gasteiger partial charge in [-0.3, -0.25) is 19.4 Å². The van der Waals surface area contributed by atoms with Crippen molar-refractivity contribution in [1.29, 1.82) is 0 Å². The van der Waals surface area contributed by atoms with E-state index in [0.29, 0.717) is 23.3 Å². The van der Waals surface area contributed by atoms with E-state index >= 15 is 0 Å². The average molecular weight is 388 g/mol. The van der Waals surface area contributed by atoms with Crippen LogP contribution in [0.4, 0.5) is 5.82 Å². The number of aromatic nitrogens is 5. The van der Waals surface area contributed by atoms with Gasteiger partial charge in [0.2, 0.25) is 0 Å². The number of hydrogen-bond donors (Lipinski definition) is 3. The summed E-state index contributed by atoms with van der Waals surface area (Å²) in [6.07, 6.45) is 6.19. The Kier molecular flexibility index (Phi) is 4.04. The summed E-state index contributed by atoms with van der Waals surface area (Å²) in [7, 11) is 0. The number of nitrogens with one attached hydrogen (secondary N) is 3. The average Bonchev–Trinajstić information content (AvgIpc) is 3.40. The molecule has 0 spiro atoms. The molecule has 3 aromatic heterocycles. The van der Waals surface area contributed by atoms with Gasteiger partial charge in [0.1, 0.15) is 0 Å². The van der Waals surface area contributed by atoms with E-state index < -0.39 is 0 Å². The largest absolute Gasteiger partial charge is 0.326 e. The maximum absolute atomic E-state index is 12.8. The van der Waals surface area contributed by atoms with E-state index in [1.54, 1.807) is 29.1 Å². The van der Waals surface area contributed by atoms with Crippen LogP contribution in [0.2, 0.25) is 0 Å². The molecule has 0 unspecified atom stereocenters. The van der Waals surface area contributed by atoms with Crippen LogP contribution < -0.4 is 11.0 Å². The van der Waals surface area contributed by atoms with Crippen molar-refractivity contribution in [1.82, 2.24) is 24.7 Å². The molecule has 146 valence electrons. The minimum atomic E-state index is -0.269. The van der Waals surface area contributed by atoms with Crippen LogP contribution in [0.3, 0.4) is 0 Å². The van der Waals surface area contributed by atoms with Crippen LogP contribution in [0, 0.1) is 0 Å². The van der Waals surface area contributed by atoms with Crippen LogP contribution in [-0.2, 0) is 6.42 Å². The van der Waals surface area contributed by atoms with E-state index in [0.717, 1.165) is 35.2 Å². The third-order valence-corrected chi connectivity index (χ3v) is 5.31. The lowest BCUT2D eigenvalue weighted by atomic mass is 10.1. The second-order valence-corrected chi connectivity index (χ2v) is 7.23. The van der Waals surface area contributed by atoms with Gasteiger partial charge in [0.25, 0.3) is 5.91 Å². The molecule has 8 nitrogen and oxygen atoms in total. The fourth-order valence-corrected chi connectivity index (χ4v) is 3.72. The fraction of sp³-hybridized carbons (Fsp3) is 0.238. The summed E-state index contributed by atoms with van der Waals surface area (Å²) in [5.41, 5.74) is 4.61. The summed E-state index contributed by atoms with van der Waals surface area (Å²) in [6, 6.07) is 9.35. The lowest BCUT2D eigenvalue weighted by Crippen LogP contribution is -2.15. The quantitative estimate of drug-likeness (QED) is 0.487. The van der Waals surface area contributed by atoms with Gasteiger partial charge in [-0.1, -0.05) is 6.92 Å². The van der Waals surface area contributed by atoms with Gasteiger partial charge in [-0.05, 0) is 49.6 Å². The standard InChI is InChI=1S/C21H20N6O2/c1-2-15-18(12-7-9-22-10-8-12)25-26-19(15)24-20(28)13-3-6-17-16(11-13)23-21(29)27(17)14-4-5-14/h3,6-11,14H,2,4-5H2,1H3,(H,23,29)(H2,24,25,26,28). The minimum Gasteiger partial charge on any atom is -0.306 e. The highest BCUT2D eigenvalue weighted by molar-refractivity contribution is 6.06. The van der Waals surface area contributed by atoms with Gasteiger partial charge in [-0.25, -0.2) is 4.79 Å². The molecule has 1 aliphatic carbocycles. The highest BCUT2D eigenvalue weighted by atomic mass is 16.2. The first-order chi connectivity index (χ1) is 14.2. The zero-order valence-corrected chi connectivity index (χ0v) is 15.9. The van der Waals surface area contributed by atoms with E-state index in [1.807, 2.05) is 25.1 Å². The van der Waals surface area contributed by atoms with E-state index in [-0.39, 0.29) is 17.6 Å². The van der Waals surface area contributed by atoms with Gasteiger partial charge in [-0.2, -0.15) is 5.10 Å². The number of imidazole rings is 1. The summed E-state index contributed by atoms with van der Waals surface area (Å²) in [6.45, 7) is 2.02. The summed E-state index contributed by atoms with van der Waals surface area (Å²) in [4.78, 5) is 31.9. The molecule has 0 radical (unpaired) electrons. The molecule has 0 aliphatic heterocycles. The number of hydrogen-bond acceptors (Lipinski definition) is 4.